The molecular weight excluding hydrogens is 350 g/mol. The van der Waals surface area contributed by atoms with Gasteiger partial charge in [-0.3, -0.25) is 0 Å². The van der Waals surface area contributed by atoms with E-state index in [1.165, 1.54) is 10.9 Å². The fraction of sp³-hybridized carbons (Fsp3) is 0.176. The number of rotatable bonds is 3. The Morgan fingerprint density at radius 1 is 1.19 bits per heavy atom. The Labute approximate surface area is 137 Å². The monoisotopic (exact) mass is 363 g/mol. The normalized spacial score (nSPS) is 11.3. The fourth-order valence-corrected chi connectivity index (χ4v) is 3.13. The third-order valence-electron chi connectivity index (χ3n) is 3.45. The molecule has 0 saturated carbocycles. The molecule has 0 unspecified atom stereocenters. The molecular formula is C17H15BrClNO. The van der Waals surface area contributed by atoms with Gasteiger partial charge in [-0.1, -0.05) is 31.5 Å². The Balaban J connectivity index is 2.03. The molecule has 0 aliphatic heterocycles. The van der Waals surface area contributed by atoms with E-state index >= 15 is 0 Å². The van der Waals surface area contributed by atoms with Crippen LogP contribution >= 0.6 is 27.5 Å². The Bertz CT molecular complexity index is 774. The van der Waals surface area contributed by atoms with E-state index in [2.05, 4.69) is 47.0 Å². The summed E-state index contributed by atoms with van der Waals surface area (Å²) in [5.41, 5.74) is 2.40. The summed E-state index contributed by atoms with van der Waals surface area (Å²) in [6, 6.07) is 11.6. The molecule has 21 heavy (non-hydrogen) atoms. The standard InChI is InChI=1S/C17H15BrClNO/c1-10(2)13-9-20-16-7-6-11(8-12(13)16)21-17-14(18)4-3-5-15(17)19/h3-10,20H,1-2H3. The molecule has 4 heteroatoms. The van der Waals surface area contributed by atoms with Gasteiger partial charge in [0.1, 0.15) is 5.75 Å². The zero-order valence-corrected chi connectivity index (χ0v) is 14.1. The van der Waals surface area contributed by atoms with Crippen molar-refractivity contribution in [2.75, 3.05) is 0 Å². The second kappa shape index (κ2) is 5.74. The first-order valence-corrected chi connectivity index (χ1v) is 7.96. The average molecular weight is 365 g/mol. The van der Waals surface area contributed by atoms with Crippen LogP contribution in [0.4, 0.5) is 0 Å². The minimum absolute atomic E-state index is 0.459. The van der Waals surface area contributed by atoms with Crippen LogP contribution in [-0.4, -0.2) is 4.98 Å². The van der Waals surface area contributed by atoms with Crippen molar-refractivity contribution in [3.63, 3.8) is 0 Å². The number of ether oxygens (including phenoxy) is 1. The van der Waals surface area contributed by atoms with Gasteiger partial charge in [-0.2, -0.15) is 0 Å². The van der Waals surface area contributed by atoms with Gasteiger partial charge in [0.25, 0.3) is 0 Å². The first-order chi connectivity index (χ1) is 10.1. The van der Waals surface area contributed by atoms with Gasteiger partial charge in [0.05, 0.1) is 9.50 Å². The van der Waals surface area contributed by atoms with Gasteiger partial charge in [-0.25, -0.2) is 0 Å². The van der Waals surface area contributed by atoms with Crippen LogP contribution in [0.5, 0.6) is 11.5 Å². The third kappa shape index (κ3) is 2.81. The van der Waals surface area contributed by atoms with Crippen molar-refractivity contribution in [3.05, 3.63) is 57.7 Å². The highest BCUT2D eigenvalue weighted by atomic mass is 79.9. The number of halogens is 2. The summed E-state index contributed by atoms with van der Waals surface area (Å²) in [5.74, 6) is 1.87. The van der Waals surface area contributed by atoms with E-state index in [9.17, 15) is 0 Å². The van der Waals surface area contributed by atoms with Crippen molar-refractivity contribution < 1.29 is 4.74 Å². The number of hydrogen-bond acceptors (Lipinski definition) is 1. The molecule has 0 fully saturated rings. The first-order valence-electron chi connectivity index (χ1n) is 6.79. The minimum Gasteiger partial charge on any atom is -0.455 e. The first kappa shape index (κ1) is 14.5. The van der Waals surface area contributed by atoms with Crippen molar-refractivity contribution in [2.24, 2.45) is 0 Å². The average Bonchev–Trinajstić information content (AvgIpc) is 2.86. The molecule has 2 nitrogen and oxygen atoms in total. The highest BCUT2D eigenvalue weighted by Gasteiger charge is 2.11. The Kier molecular flexibility index (Phi) is 3.96. The zero-order valence-electron chi connectivity index (χ0n) is 11.8. The summed E-state index contributed by atoms with van der Waals surface area (Å²) >= 11 is 9.67. The molecule has 1 heterocycles. The highest BCUT2D eigenvalue weighted by Crippen LogP contribution is 2.37. The lowest BCUT2D eigenvalue weighted by molar-refractivity contribution is 0.480. The summed E-state index contributed by atoms with van der Waals surface area (Å²) in [7, 11) is 0. The Morgan fingerprint density at radius 3 is 2.71 bits per heavy atom. The van der Waals surface area contributed by atoms with E-state index in [0.717, 1.165) is 15.7 Å². The predicted molar refractivity (Wildman–Crippen MR) is 91.6 cm³/mol. The van der Waals surface area contributed by atoms with Gasteiger partial charge in [0, 0.05) is 17.1 Å². The second-order valence-electron chi connectivity index (χ2n) is 5.26. The van der Waals surface area contributed by atoms with Gasteiger partial charge in [-0.05, 0) is 57.7 Å². The van der Waals surface area contributed by atoms with Gasteiger partial charge in [0.2, 0.25) is 0 Å². The topological polar surface area (TPSA) is 25.0 Å². The van der Waals surface area contributed by atoms with Gasteiger partial charge < -0.3 is 9.72 Å². The Morgan fingerprint density at radius 2 is 2.00 bits per heavy atom. The van der Waals surface area contributed by atoms with Crippen LogP contribution in [0.25, 0.3) is 10.9 Å². The van der Waals surface area contributed by atoms with Crippen LogP contribution in [0.3, 0.4) is 0 Å². The number of benzene rings is 2. The molecule has 0 saturated heterocycles. The molecule has 0 amide bonds. The lowest BCUT2D eigenvalue weighted by atomic mass is 10.0. The molecule has 0 radical (unpaired) electrons. The van der Waals surface area contributed by atoms with E-state index in [-0.39, 0.29) is 0 Å². The van der Waals surface area contributed by atoms with Crippen LogP contribution in [0.2, 0.25) is 5.02 Å². The lowest BCUT2D eigenvalue weighted by Crippen LogP contribution is -1.88. The maximum Gasteiger partial charge on any atom is 0.160 e. The molecule has 0 atom stereocenters. The Hall–Kier alpha value is -1.45. The number of aromatic amines is 1. The smallest absolute Gasteiger partial charge is 0.160 e. The van der Waals surface area contributed by atoms with Crippen molar-refractivity contribution in [1.29, 1.82) is 0 Å². The number of para-hydroxylation sites is 1. The molecule has 1 aromatic heterocycles. The van der Waals surface area contributed by atoms with E-state index in [1.807, 2.05) is 30.3 Å². The molecule has 0 aliphatic rings. The molecule has 0 spiro atoms. The summed E-state index contributed by atoms with van der Waals surface area (Å²) in [5, 5.41) is 1.77. The number of H-pyrrole nitrogens is 1. The minimum atomic E-state index is 0.459. The molecule has 3 aromatic rings. The second-order valence-corrected chi connectivity index (χ2v) is 6.52. The van der Waals surface area contributed by atoms with Crippen LogP contribution in [0, 0.1) is 0 Å². The summed E-state index contributed by atoms with van der Waals surface area (Å²) in [6.45, 7) is 4.36. The third-order valence-corrected chi connectivity index (χ3v) is 4.37. The van der Waals surface area contributed by atoms with Crippen molar-refractivity contribution >= 4 is 38.4 Å². The number of aromatic nitrogens is 1. The quantitative estimate of drug-likeness (QED) is 0.563. The number of fused-ring (bicyclic) bond motifs is 1. The van der Waals surface area contributed by atoms with Crippen LogP contribution in [-0.2, 0) is 0 Å². The highest BCUT2D eigenvalue weighted by molar-refractivity contribution is 9.10. The van der Waals surface area contributed by atoms with Gasteiger partial charge >= 0.3 is 0 Å². The van der Waals surface area contributed by atoms with E-state index < -0.39 is 0 Å². The SMILES string of the molecule is CC(C)c1c[nH]c2ccc(Oc3c(Cl)cccc3Br)cc12. The number of hydrogen-bond donors (Lipinski definition) is 1. The molecule has 1 N–H and O–H groups in total. The van der Waals surface area contributed by atoms with E-state index in [0.29, 0.717) is 16.7 Å². The molecule has 0 aliphatic carbocycles. The largest absolute Gasteiger partial charge is 0.455 e. The molecule has 3 rings (SSSR count). The zero-order chi connectivity index (χ0) is 15.0. The summed E-state index contributed by atoms with van der Waals surface area (Å²) < 4.78 is 6.80. The van der Waals surface area contributed by atoms with Crippen molar-refractivity contribution in [1.82, 2.24) is 4.98 Å². The van der Waals surface area contributed by atoms with Gasteiger partial charge in [-0.15, -0.1) is 0 Å². The lowest BCUT2D eigenvalue weighted by Gasteiger charge is -2.10. The van der Waals surface area contributed by atoms with Crippen molar-refractivity contribution in [3.8, 4) is 11.5 Å². The molecule has 108 valence electrons. The fourth-order valence-electron chi connectivity index (χ4n) is 2.36. The van der Waals surface area contributed by atoms with Crippen molar-refractivity contribution in [2.45, 2.75) is 19.8 Å². The van der Waals surface area contributed by atoms with Crippen LogP contribution < -0.4 is 4.74 Å². The molecule has 2 aromatic carbocycles. The summed E-state index contributed by atoms with van der Waals surface area (Å²) in [4.78, 5) is 3.29. The molecule has 0 bridgehead atoms. The predicted octanol–water partition coefficient (Wildman–Crippen LogP) is 6.50. The van der Waals surface area contributed by atoms with Crippen LogP contribution in [0.1, 0.15) is 25.3 Å². The van der Waals surface area contributed by atoms with E-state index in [1.54, 1.807) is 0 Å². The van der Waals surface area contributed by atoms with Gasteiger partial charge in [0.15, 0.2) is 5.75 Å². The van der Waals surface area contributed by atoms with E-state index in [4.69, 9.17) is 16.3 Å². The summed E-state index contributed by atoms with van der Waals surface area (Å²) in [6.07, 6.45) is 2.06. The maximum atomic E-state index is 6.20. The number of nitrogens with one attached hydrogen (secondary N) is 1. The van der Waals surface area contributed by atoms with Crippen LogP contribution in [0.15, 0.2) is 47.1 Å². The maximum absolute atomic E-state index is 6.20.